The van der Waals surface area contributed by atoms with Crippen LogP contribution in [0.4, 0.5) is 0 Å². The molecule has 0 aliphatic rings. The van der Waals surface area contributed by atoms with E-state index in [1.54, 1.807) is 31.2 Å². The Morgan fingerprint density at radius 3 is 2.50 bits per heavy atom. The third kappa shape index (κ3) is 2.59. The number of carbonyl (C=O) groups is 2. The summed E-state index contributed by atoms with van der Waals surface area (Å²) in [7, 11) is 0. The molecule has 0 N–H and O–H groups in total. The van der Waals surface area contributed by atoms with Gasteiger partial charge in [-0.3, -0.25) is 9.59 Å². The van der Waals surface area contributed by atoms with Gasteiger partial charge in [-0.15, -0.1) is 0 Å². The number of carbonyl (C=O) groups excluding carboxylic acids is 2. The van der Waals surface area contributed by atoms with Crippen LogP contribution in [0.2, 0.25) is 0 Å². The summed E-state index contributed by atoms with van der Waals surface area (Å²) in [5, 5.41) is 4.84. The zero-order chi connectivity index (χ0) is 14.7. The molecule has 0 bridgehead atoms. The van der Waals surface area contributed by atoms with Crippen LogP contribution in [0.25, 0.3) is 10.8 Å². The number of nitrogens with zero attached hydrogens (tertiary/aromatic N) is 2. The zero-order valence-corrected chi connectivity index (χ0v) is 11.3. The van der Waals surface area contributed by atoms with Crippen molar-refractivity contribution >= 4 is 22.5 Å². The molecular formula is C14H14N2O4. The fourth-order valence-corrected chi connectivity index (χ4v) is 1.84. The molecule has 0 spiro atoms. The number of rotatable bonds is 4. The Morgan fingerprint density at radius 1 is 1.25 bits per heavy atom. The minimum absolute atomic E-state index is 0.0447. The summed E-state index contributed by atoms with van der Waals surface area (Å²) in [6.07, 6.45) is 0. The van der Waals surface area contributed by atoms with Crippen molar-refractivity contribution in [3.8, 4) is 0 Å². The van der Waals surface area contributed by atoms with E-state index in [1.165, 1.54) is 11.6 Å². The molecule has 104 valence electrons. The molecule has 2 aromatic rings. The van der Waals surface area contributed by atoms with Crippen LogP contribution < -0.4 is 5.56 Å². The molecule has 0 atom stereocenters. The standard InChI is InChI=1S/C14H14N2O4/c1-3-16-13(18)11-7-5-4-6-10(11)12(15-16)14(19)20-8-9(2)17/h4-7H,3,8H2,1-2H3. The van der Waals surface area contributed by atoms with Crippen LogP contribution in [0, 0.1) is 0 Å². The largest absolute Gasteiger partial charge is 0.453 e. The highest BCUT2D eigenvalue weighted by atomic mass is 16.5. The second-order valence-corrected chi connectivity index (χ2v) is 4.29. The first-order valence-corrected chi connectivity index (χ1v) is 6.21. The number of esters is 1. The van der Waals surface area contributed by atoms with Crippen LogP contribution in [0.1, 0.15) is 24.3 Å². The fraction of sp³-hybridized carbons (Fsp3) is 0.286. The van der Waals surface area contributed by atoms with Crippen molar-refractivity contribution < 1.29 is 14.3 Å². The van der Waals surface area contributed by atoms with E-state index in [1.807, 2.05) is 0 Å². The number of aryl methyl sites for hydroxylation is 1. The van der Waals surface area contributed by atoms with Crippen molar-refractivity contribution in [3.05, 3.63) is 40.3 Å². The van der Waals surface area contributed by atoms with Crippen LogP contribution in [-0.2, 0) is 16.1 Å². The van der Waals surface area contributed by atoms with Crippen LogP contribution in [0.15, 0.2) is 29.1 Å². The number of ketones is 1. The van der Waals surface area contributed by atoms with Crippen molar-refractivity contribution in [2.45, 2.75) is 20.4 Å². The zero-order valence-electron chi connectivity index (χ0n) is 11.3. The maximum Gasteiger partial charge on any atom is 0.359 e. The lowest BCUT2D eigenvalue weighted by Crippen LogP contribution is -2.26. The summed E-state index contributed by atoms with van der Waals surface area (Å²) in [4.78, 5) is 35.0. The quantitative estimate of drug-likeness (QED) is 0.782. The molecule has 0 amide bonds. The van der Waals surface area contributed by atoms with Crippen LogP contribution in [0.3, 0.4) is 0 Å². The highest BCUT2D eigenvalue weighted by molar-refractivity contribution is 6.02. The molecule has 0 radical (unpaired) electrons. The van der Waals surface area contributed by atoms with Gasteiger partial charge >= 0.3 is 5.97 Å². The molecular weight excluding hydrogens is 260 g/mol. The van der Waals surface area contributed by atoms with E-state index in [0.29, 0.717) is 17.3 Å². The highest BCUT2D eigenvalue weighted by Crippen LogP contribution is 2.14. The molecule has 0 aliphatic carbocycles. The second kappa shape index (κ2) is 5.64. The molecule has 0 fully saturated rings. The predicted molar refractivity (Wildman–Crippen MR) is 72.6 cm³/mol. The summed E-state index contributed by atoms with van der Waals surface area (Å²) in [6, 6.07) is 6.69. The Hall–Kier alpha value is -2.50. The van der Waals surface area contributed by atoms with Crippen molar-refractivity contribution in [2.24, 2.45) is 0 Å². The van der Waals surface area contributed by atoms with Gasteiger partial charge in [0.2, 0.25) is 0 Å². The van der Waals surface area contributed by atoms with Crippen molar-refractivity contribution in [1.82, 2.24) is 9.78 Å². The Bertz CT molecular complexity index is 734. The molecule has 0 saturated heterocycles. The SMILES string of the molecule is CCn1nc(C(=O)OCC(C)=O)c2ccccc2c1=O. The summed E-state index contributed by atoms with van der Waals surface area (Å²) in [5.41, 5.74) is -0.213. The summed E-state index contributed by atoms with van der Waals surface area (Å²) < 4.78 is 6.07. The lowest BCUT2D eigenvalue weighted by molar-refractivity contribution is -0.120. The molecule has 1 heterocycles. The van der Waals surface area contributed by atoms with Gasteiger partial charge in [-0.25, -0.2) is 9.48 Å². The third-order valence-corrected chi connectivity index (χ3v) is 2.77. The van der Waals surface area contributed by atoms with E-state index in [4.69, 9.17) is 4.74 Å². The van der Waals surface area contributed by atoms with Crippen LogP contribution in [-0.4, -0.2) is 28.1 Å². The lowest BCUT2D eigenvalue weighted by atomic mass is 10.1. The molecule has 1 aromatic heterocycles. The maximum absolute atomic E-state index is 12.1. The molecule has 0 saturated carbocycles. The summed E-state index contributed by atoms with van der Waals surface area (Å²) in [5.74, 6) is -0.968. The topological polar surface area (TPSA) is 78.3 Å². The normalized spacial score (nSPS) is 10.5. The minimum atomic E-state index is -0.710. The van der Waals surface area contributed by atoms with Crippen LogP contribution in [0.5, 0.6) is 0 Å². The molecule has 2 rings (SSSR count). The van der Waals surface area contributed by atoms with E-state index >= 15 is 0 Å². The summed E-state index contributed by atoms with van der Waals surface area (Å²) in [6.45, 7) is 3.12. The van der Waals surface area contributed by atoms with Gasteiger partial charge in [-0.1, -0.05) is 18.2 Å². The van der Waals surface area contributed by atoms with E-state index in [0.717, 1.165) is 0 Å². The van der Waals surface area contributed by atoms with Gasteiger partial charge in [-0.2, -0.15) is 5.10 Å². The Morgan fingerprint density at radius 2 is 1.90 bits per heavy atom. The molecule has 20 heavy (non-hydrogen) atoms. The number of aromatic nitrogens is 2. The van der Waals surface area contributed by atoms with E-state index < -0.39 is 5.97 Å². The van der Waals surface area contributed by atoms with Gasteiger partial charge in [0.15, 0.2) is 11.5 Å². The number of fused-ring (bicyclic) bond motifs is 1. The van der Waals surface area contributed by atoms with E-state index in [-0.39, 0.29) is 23.6 Å². The lowest BCUT2D eigenvalue weighted by Gasteiger charge is -2.08. The molecule has 6 heteroatoms. The predicted octanol–water partition coefficient (Wildman–Crippen LogP) is 1.16. The monoisotopic (exact) mass is 274 g/mol. The average molecular weight is 274 g/mol. The third-order valence-electron chi connectivity index (χ3n) is 2.77. The van der Waals surface area contributed by atoms with Gasteiger partial charge < -0.3 is 4.74 Å². The molecule has 0 unspecified atom stereocenters. The Balaban J connectivity index is 2.57. The van der Waals surface area contributed by atoms with E-state index in [9.17, 15) is 14.4 Å². The number of benzene rings is 1. The van der Waals surface area contributed by atoms with E-state index in [2.05, 4.69) is 5.10 Å². The van der Waals surface area contributed by atoms with Gasteiger partial charge in [0.25, 0.3) is 5.56 Å². The number of ether oxygens (including phenoxy) is 1. The van der Waals surface area contributed by atoms with Gasteiger partial charge in [0, 0.05) is 11.9 Å². The molecule has 1 aromatic carbocycles. The first kappa shape index (κ1) is 13.9. The molecule has 6 nitrogen and oxygen atoms in total. The first-order valence-electron chi connectivity index (χ1n) is 6.21. The van der Waals surface area contributed by atoms with Crippen LogP contribution >= 0.6 is 0 Å². The summed E-state index contributed by atoms with van der Waals surface area (Å²) >= 11 is 0. The van der Waals surface area contributed by atoms with Gasteiger partial charge in [-0.05, 0) is 19.9 Å². The maximum atomic E-state index is 12.1. The van der Waals surface area contributed by atoms with Gasteiger partial charge in [0.1, 0.15) is 6.61 Å². The van der Waals surface area contributed by atoms with Gasteiger partial charge in [0.05, 0.1) is 5.39 Å². The average Bonchev–Trinajstić information content (AvgIpc) is 2.45. The number of hydrogen-bond donors (Lipinski definition) is 0. The fourth-order valence-electron chi connectivity index (χ4n) is 1.84. The minimum Gasteiger partial charge on any atom is -0.453 e. The highest BCUT2D eigenvalue weighted by Gasteiger charge is 2.17. The van der Waals surface area contributed by atoms with Crippen molar-refractivity contribution in [3.63, 3.8) is 0 Å². The first-order chi connectivity index (χ1) is 9.54. The smallest absolute Gasteiger partial charge is 0.359 e. The molecule has 0 aliphatic heterocycles. The second-order valence-electron chi connectivity index (χ2n) is 4.29. The Kier molecular flexibility index (Phi) is 3.93. The number of Topliss-reactive ketones (excluding diaryl/α,β-unsaturated/α-hetero) is 1. The Labute approximate surface area is 115 Å². The number of hydrogen-bond acceptors (Lipinski definition) is 5. The van der Waals surface area contributed by atoms with Crippen molar-refractivity contribution in [2.75, 3.05) is 6.61 Å². The van der Waals surface area contributed by atoms with Crippen molar-refractivity contribution in [1.29, 1.82) is 0 Å².